The first kappa shape index (κ1) is 15.5. The molecule has 2 rings (SSSR count). The van der Waals surface area contributed by atoms with Crippen molar-refractivity contribution in [1.82, 2.24) is 10.0 Å². The highest BCUT2D eigenvalue weighted by atomic mass is 32.2. The molecule has 2 N–H and O–H groups in total. The molecule has 1 aromatic carbocycles. The van der Waals surface area contributed by atoms with Crippen LogP contribution in [0.4, 0.5) is 0 Å². The molecular weight excluding hydrogens is 272 g/mol. The van der Waals surface area contributed by atoms with Crippen LogP contribution in [0.15, 0.2) is 23.1 Å². The fourth-order valence-corrected chi connectivity index (χ4v) is 4.40. The lowest BCUT2D eigenvalue weighted by Crippen LogP contribution is -2.35. The lowest BCUT2D eigenvalue weighted by atomic mass is 10.0. The second-order valence-corrected chi connectivity index (χ2v) is 7.65. The maximum Gasteiger partial charge on any atom is 0.241 e. The standard InChI is InChI=1S/C15H24N2O2S/c1-11(2)9-12(3)17-20(18,19)15-6-4-5-13-10-16-8-7-14(13)15/h4-6,11-12,16-17H,7-10H2,1-3H3. The molecule has 0 saturated carbocycles. The van der Waals surface area contributed by atoms with Crippen LogP contribution in [0.5, 0.6) is 0 Å². The Morgan fingerprint density at radius 1 is 1.30 bits per heavy atom. The van der Waals surface area contributed by atoms with Crippen LogP contribution >= 0.6 is 0 Å². The first-order chi connectivity index (χ1) is 9.40. The monoisotopic (exact) mass is 296 g/mol. The molecule has 1 heterocycles. The Balaban J connectivity index is 2.26. The van der Waals surface area contributed by atoms with Gasteiger partial charge in [-0.25, -0.2) is 13.1 Å². The molecule has 5 heteroatoms. The summed E-state index contributed by atoms with van der Waals surface area (Å²) in [6.45, 7) is 7.71. The molecule has 1 unspecified atom stereocenters. The third kappa shape index (κ3) is 3.59. The molecule has 1 aliphatic rings. The van der Waals surface area contributed by atoms with E-state index in [0.717, 1.165) is 37.1 Å². The molecule has 0 radical (unpaired) electrons. The predicted octanol–water partition coefficient (Wildman–Crippen LogP) is 2.05. The van der Waals surface area contributed by atoms with Crippen molar-refractivity contribution in [1.29, 1.82) is 0 Å². The van der Waals surface area contributed by atoms with Crippen molar-refractivity contribution in [3.05, 3.63) is 29.3 Å². The van der Waals surface area contributed by atoms with Gasteiger partial charge >= 0.3 is 0 Å². The predicted molar refractivity (Wildman–Crippen MR) is 81.1 cm³/mol. The molecule has 0 saturated heterocycles. The van der Waals surface area contributed by atoms with Gasteiger partial charge in [-0.15, -0.1) is 0 Å². The van der Waals surface area contributed by atoms with Crippen LogP contribution in [0.2, 0.25) is 0 Å². The molecule has 0 amide bonds. The van der Waals surface area contributed by atoms with Gasteiger partial charge in [0.1, 0.15) is 0 Å². The average molecular weight is 296 g/mol. The molecule has 112 valence electrons. The molecule has 0 bridgehead atoms. The summed E-state index contributed by atoms with van der Waals surface area (Å²) in [5, 5.41) is 3.27. The summed E-state index contributed by atoms with van der Waals surface area (Å²) in [5.74, 6) is 0.474. The molecular formula is C15H24N2O2S. The number of rotatable bonds is 5. The van der Waals surface area contributed by atoms with Crippen molar-refractivity contribution in [3.8, 4) is 0 Å². The van der Waals surface area contributed by atoms with Gasteiger partial charge in [0.05, 0.1) is 4.90 Å². The maximum atomic E-state index is 12.6. The van der Waals surface area contributed by atoms with Crippen LogP contribution in [0.1, 0.15) is 38.3 Å². The van der Waals surface area contributed by atoms with E-state index in [0.29, 0.717) is 10.8 Å². The van der Waals surface area contributed by atoms with E-state index in [1.807, 2.05) is 19.1 Å². The van der Waals surface area contributed by atoms with Crippen molar-refractivity contribution in [2.45, 2.75) is 51.1 Å². The zero-order valence-electron chi connectivity index (χ0n) is 12.4. The number of hydrogen-bond acceptors (Lipinski definition) is 3. The van der Waals surface area contributed by atoms with Crippen molar-refractivity contribution in [2.75, 3.05) is 6.54 Å². The zero-order valence-corrected chi connectivity index (χ0v) is 13.3. The number of hydrogen-bond donors (Lipinski definition) is 2. The maximum absolute atomic E-state index is 12.6. The van der Waals surface area contributed by atoms with Crippen LogP contribution in [0, 0.1) is 5.92 Å². The van der Waals surface area contributed by atoms with Gasteiger partial charge in [-0.2, -0.15) is 0 Å². The van der Waals surface area contributed by atoms with E-state index in [4.69, 9.17) is 0 Å². The van der Waals surface area contributed by atoms with Gasteiger partial charge in [-0.05, 0) is 49.4 Å². The van der Waals surface area contributed by atoms with E-state index in [9.17, 15) is 8.42 Å². The van der Waals surface area contributed by atoms with Crippen molar-refractivity contribution in [2.24, 2.45) is 5.92 Å². The number of nitrogens with one attached hydrogen (secondary N) is 2. The minimum atomic E-state index is -3.42. The number of fused-ring (bicyclic) bond motifs is 1. The summed E-state index contributed by atoms with van der Waals surface area (Å²) in [5.41, 5.74) is 2.06. The second-order valence-electron chi connectivity index (χ2n) is 5.97. The normalized spacial score (nSPS) is 17.0. The largest absolute Gasteiger partial charge is 0.312 e. The highest BCUT2D eigenvalue weighted by Gasteiger charge is 2.23. The second kappa shape index (κ2) is 6.24. The third-order valence-electron chi connectivity index (χ3n) is 3.57. The van der Waals surface area contributed by atoms with E-state index in [1.165, 1.54) is 0 Å². The highest BCUT2D eigenvalue weighted by Crippen LogP contribution is 2.23. The first-order valence-corrected chi connectivity index (χ1v) is 8.72. The van der Waals surface area contributed by atoms with E-state index >= 15 is 0 Å². The Hall–Kier alpha value is -0.910. The summed E-state index contributed by atoms with van der Waals surface area (Å²) in [4.78, 5) is 0.451. The molecule has 1 atom stereocenters. The van der Waals surface area contributed by atoms with E-state index in [1.54, 1.807) is 6.07 Å². The molecule has 1 aromatic rings. The summed E-state index contributed by atoms with van der Waals surface area (Å²) in [7, 11) is -3.42. The summed E-state index contributed by atoms with van der Waals surface area (Å²) in [6, 6.07) is 5.50. The van der Waals surface area contributed by atoms with Gasteiger partial charge in [0.15, 0.2) is 0 Å². The van der Waals surface area contributed by atoms with Crippen LogP contribution in [0.3, 0.4) is 0 Å². The highest BCUT2D eigenvalue weighted by molar-refractivity contribution is 7.89. The lowest BCUT2D eigenvalue weighted by Gasteiger charge is -2.22. The zero-order chi connectivity index (χ0) is 14.8. The van der Waals surface area contributed by atoms with Gasteiger partial charge in [0.25, 0.3) is 0 Å². The van der Waals surface area contributed by atoms with Gasteiger partial charge in [-0.1, -0.05) is 26.0 Å². The van der Waals surface area contributed by atoms with Crippen molar-refractivity contribution in [3.63, 3.8) is 0 Å². The van der Waals surface area contributed by atoms with Crippen LogP contribution in [-0.2, 0) is 23.0 Å². The lowest BCUT2D eigenvalue weighted by molar-refractivity contribution is 0.482. The topological polar surface area (TPSA) is 58.2 Å². The Morgan fingerprint density at radius 2 is 2.05 bits per heavy atom. The number of sulfonamides is 1. The smallest absolute Gasteiger partial charge is 0.241 e. The van der Waals surface area contributed by atoms with Crippen LogP contribution in [0.25, 0.3) is 0 Å². The van der Waals surface area contributed by atoms with Crippen molar-refractivity contribution >= 4 is 10.0 Å². The van der Waals surface area contributed by atoms with Gasteiger partial charge in [0.2, 0.25) is 10.0 Å². The Morgan fingerprint density at radius 3 is 2.75 bits per heavy atom. The minimum Gasteiger partial charge on any atom is -0.312 e. The average Bonchev–Trinajstić information content (AvgIpc) is 2.36. The van der Waals surface area contributed by atoms with Crippen LogP contribution < -0.4 is 10.0 Å². The quantitative estimate of drug-likeness (QED) is 0.874. The van der Waals surface area contributed by atoms with Crippen molar-refractivity contribution < 1.29 is 8.42 Å². The minimum absolute atomic E-state index is 0.0439. The summed E-state index contributed by atoms with van der Waals surface area (Å²) >= 11 is 0. The van der Waals surface area contributed by atoms with Crippen LogP contribution in [-0.4, -0.2) is 21.0 Å². The SMILES string of the molecule is CC(C)CC(C)NS(=O)(=O)c1cccc2c1CCNC2. The molecule has 0 fully saturated rings. The Bertz CT molecular complexity index is 567. The van der Waals surface area contributed by atoms with Gasteiger partial charge < -0.3 is 5.32 Å². The van der Waals surface area contributed by atoms with E-state index in [-0.39, 0.29) is 6.04 Å². The Kier molecular flexibility index (Phi) is 4.83. The van der Waals surface area contributed by atoms with E-state index in [2.05, 4.69) is 23.9 Å². The van der Waals surface area contributed by atoms with E-state index < -0.39 is 10.0 Å². The molecule has 0 aliphatic carbocycles. The molecule has 0 spiro atoms. The summed E-state index contributed by atoms with van der Waals surface area (Å²) in [6.07, 6.45) is 1.61. The summed E-state index contributed by atoms with van der Waals surface area (Å²) < 4.78 is 27.9. The third-order valence-corrected chi connectivity index (χ3v) is 5.24. The van der Waals surface area contributed by atoms with Gasteiger partial charge in [0, 0.05) is 12.6 Å². The molecule has 20 heavy (non-hydrogen) atoms. The fourth-order valence-electron chi connectivity index (χ4n) is 2.83. The Labute approximate surface area is 122 Å². The molecule has 1 aliphatic heterocycles. The first-order valence-electron chi connectivity index (χ1n) is 7.24. The van der Waals surface area contributed by atoms with Gasteiger partial charge in [-0.3, -0.25) is 0 Å². The molecule has 0 aromatic heterocycles. The molecule has 4 nitrogen and oxygen atoms in total. The fraction of sp³-hybridized carbons (Fsp3) is 0.600. The number of benzene rings is 1.